The van der Waals surface area contributed by atoms with Gasteiger partial charge >= 0.3 is 0 Å². The van der Waals surface area contributed by atoms with Crippen LogP contribution in [0.25, 0.3) is 0 Å². The summed E-state index contributed by atoms with van der Waals surface area (Å²) < 4.78 is 22.2. The number of hydrogen-bond donors (Lipinski definition) is 3. The first-order valence-electron chi connectivity index (χ1n) is 4.25. The number of nitrogens with one attached hydrogen (secondary N) is 1. The second-order valence-corrected chi connectivity index (χ2v) is 5.70. The van der Waals surface area contributed by atoms with Gasteiger partial charge < -0.3 is 10.8 Å². The van der Waals surface area contributed by atoms with E-state index >= 15 is 0 Å². The van der Waals surface area contributed by atoms with Gasteiger partial charge in [0.2, 0.25) is 5.91 Å². The summed E-state index contributed by atoms with van der Waals surface area (Å²) in [4.78, 5) is 10.7. The van der Waals surface area contributed by atoms with Crippen LogP contribution in [0.15, 0.2) is 0 Å². The SMILES string of the molecule is CC(NC1CS(=O)(=O)CC1O)C(N)=O. The lowest BCUT2D eigenvalue weighted by atomic mass is 10.2. The molecule has 0 radical (unpaired) electrons. The number of hydrogen-bond acceptors (Lipinski definition) is 5. The summed E-state index contributed by atoms with van der Waals surface area (Å²) in [5.41, 5.74) is 4.99. The van der Waals surface area contributed by atoms with E-state index in [9.17, 15) is 18.3 Å². The number of primary amides is 1. The molecule has 0 aromatic heterocycles. The highest BCUT2D eigenvalue weighted by atomic mass is 32.2. The molecule has 7 heteroatoms. The Labute approximate surface area is 82.4 Å². The van der Waals surface area contributed by atoms with Crippen LogP contribution in [0, 0.1) is 0 Å². The third-order valence-electron chi connectivity index (χ3n) is 2.21. The summed E-state index contributed by atoms with van der Waals surface area (Å²) in [6.07, 6.45) is -0.957. The Morgan fingerprint density at radius 2 is 2.14 bits per heavy atom. The minimum Gasteiger partial charge on any atom is -0.390 e. The Balaban J connectivity index is 2.59. The van der Waals surface area contributed by atoms with Crippen molar-refractivity contribution in [1.29, 1.82) is 0 Å². The van der Waals surface area contributed by atoms with E-state index in [1.807, 2.05) is 0 Å². The van der Waals surface area contributed by atoms with Crippen molar-refractivity contribution in [3.63, 3.8) is 0 Å². The molecule has 0 aromatic rings. The van der Waals surface area contributed by atoms with Crippen molar-refractivity contribution in [3.05, 3.63) is 0 Å². The minimum atomic E-state index is -3.18. The summed E-state index contributed by atoms with van der Waals surface area (Å²) in [5.74, 6) is -0.969. The van der Waals surface area contributed by atoms with Crippen molar-refractivity contribution >= 4 is 15.7 Å². The second kappa shape index (κ2) is 3.84. The Morgan fingerprint density at radius 1 is 1.57 bits per heavy atom. The zero-order valence-electron chi connectivity index (χ0n) is 7.80. The minimum absolute atomic E-state index is 0.147. The molecule has 6 nitrogen and oxygen atoms in total. The van der Waals surface area contributed by atoms with Gasteiger partial charge in [0, 0.05) is 6.04 Å². The second-order valence-electron chi connectivity index (χ2n) is 3.54. The third-order valence-corrected chi connectivity index (χ3v) is 3.93. The molecular weight excluding hydrogens is 208 g/mol. The molecule has 1 rings (SSSR count). The molecule has 14 heavy (non-hydrogen) atoms. The van der Waals surface area contributed by atoms with E-state index in [4.69, 9.17) is 5.73 Å². The lowest BCUT2D eigenvalue weighted by molar-refractivity contribution is -0.119. The lowest BCUT2D eigenvalue weighted by Gasteiger charge is -2.18. The molecule has 0 aliphatic carbocycles. The molecule has 4 N–H and O–H groups in total. The Morgan fingerprint density at radius 3 is 2.50 bits per heavy atom. The number of sulfone groups is 1. The van der Waals surface area contributed by atoms with E-state index in [0.717, 1.165) is 0 Å². The molecule has 0 spiro atoms. The number of aliphatic hydroxyl groups is 1. The average molecular weight is 222 g/mol. The van der Waals surface area contributed by atoms with Crippen LogP contribution in [-0.4, -0.2) is 49.1 Å². The number of rotatable bonds is 3. The van der Waals surface area contributed by atoms with Crippen molar-refractivity contribution in [2.24, 2.45) is 5.73 Å². The smallest absolute Gasteiger partial charge is 0.234 e. The van der Waals surface area contributed by atoms with E-state index in [-0.39, 0.29) is 11.5 Å². The maximum Gasteiger partial charge on any atom is 0.234 e. The third kappa shape index (κ3) is 2.66. The lowest BCUT2D eigenvalue weighted by Crippen LogP contribution is -2.49. The van der Waals surface area contributed by atoms with E-state index in [0.29, 0.717) is 0 Å². The van der Waals surface area contributed by atoms with Crippen LogP contribution < -0.4 is 11.1 Å². The van der Waals surface area contributed by atoms with Gasteiger partial charge in [-0.1, -0.05) is 0 Å². The topological polar surface area (TPSA) is 109 Å². The van der Waals surface area contributed by atoms with Crippen LogP contribution in [0.2, 0.25) is 0 Å². The predicted molar refractivity (Wildman–Crippen MR) is 50.2 cm³/mol. The molecule has 0 bridgehead atoms. The van der Waals surface area contributed by atoms with E-state index in [2.05, 4.69) is 5.32 Å². The highest BCUT2D eigenvalue weighted by Gasteiger charge is 2.37. The van der Waals surface area contributed by atoms with Gasteiger partial charge in [-0.3, -0.25) is 10.1 Å². The van der Waals surface area contributed by atoms with Crippen LogP contribution in [0.1, 0.15) is 6.92 Å². The predicted octanol–water partition coefficient (Wildman–Crippen LogP) is -2.39. The van der Waals surface area contributed by atoms with Crippen LogP contribution in [0.4, 0.5) is 0 Å². The fourth-order valence-corrected chi connectivity index (χ4v) is 3.15. The monoisotopic (exact) mass is 222 g/mol. The quantitative estimate of drug-likeness (QED) is 0.493. The molecule has 3 atom stereocenters. The van der Waals surface area contributed by atoms with Crippen molar-refractivity contribution in [3.8, 4) is 0 Å². The van der Waals surface area contributed by atoms with Crippen LogP contribution in [-0.2, 0) is 14.6 Å². The first-order chi connectivity index (χ1) is 6.32. The van der Waals surface area contributed by atoms with Gasteiger partial charge in [0.15, 0.2) is 9.84 Å². The summed E-state index contributed by atoms with van der Waals surface area (Å²) in [6.45, 7) is 1.53. The van der Waals surface area contributed by atoms with Crippen LogP contribution in [0.5, 0.6) is 0 Å². The van der Waals surface area contributed by atoms with Gasteiger partial charge in [-0.05, 0) is 6.92 Å². The Kier molecular flexibility index (Phi) is 3.13. The number of amides is 1. The number of aliphatic hydroxyl groups excluding tert-OH is 1. The largest absolute Gasteiger partial charge is 0.390 e. The fraction of sp³-hybridized carbons (Fsp3) is 0.857. The molecule has 0 aromatic carbocycles. The highest BCUT2D eigenvalue weighted by molar-refractivity contribution is 7.91. The maximum atomic E-state index is 11.1. The van der Waals surface area contributed by atoms with Crippen molar-refractivity contribution in [2.75, 3.05) is 11.5 Å². The van der Waals surface area contributed by atoms with E-state index in [1.165, 1.54) is 6.92 Å². The van der Waals surface area contributed by atoms with Gasteiger partial charge in [0.05, 0.1) is 23.7 Å². The van der Waals surface area contributed by atoms with Gasteiger partial charge in [-0.2, -0.15) is 0 Å². The van der Waals surface area contributed by atoms with E-state index < -0.39 is 33.9 Å². The first-order valence-corrected chi connectivity index (χ1v) is 6.08. The molecule has 1 aliphatic rings. The Bertz CT molecular complexity index is 327. The fourth-order valence-electron chi connectivity index (χ4n) is 1.39. The highest BCUT2D eigenvalue weighted by Crippen LogP contribution is 2.12. The molecule has 1 amide bonds. The molecule has 1 fully saturated rings. The van der Waals surface area contributed by atoms with Gasteiger partial charge in [0.25, 0.3) is 0 Å². The summed E-state index contributed by atoms with van der Waals surface area (Å²) in [6, 6.07) is -1.23. The number of nitrogens with two attached hydrogens (primary N) is 1. The Hall–Kier alpha value is -0.660. The van der Waals surface area contributed by atoms with Crippen molar-refractivity contribution in [2.45, 2.75) is 25.1 Å². The van der Waals surface area contributed by atoms with Crippen LogP contribution in [0.3, 0.4) is 0 Å². The summed E-state index contributed by atoms with van der Waals surface area (Å²) in [5, 5.41) is 12.0. The van der Waals surface area contributed by atoms with Crippen molar-refractivity contribution in [1.82, 2.24) is 5.32 Å². The van der Waals surface area contributed by atoms with Crippen LogP contribution >= 0.6 is 0 Å². The average Bonchev–Trinajstić information content (AvgIpc) is 2.24. The van der Waals surface area contributed by atoms with E-state index in [1.54, 1.807) is 0 Å². The number of carbonyl (C=O) groups is 1. The maximum absolute atomic E-state index is 11.1. The standard InChI is InChI=1S/C7H14N2O4S/c1-4(7(8)11)9-5-2-14(12,13)3-6(5)10/h4-6,9-10H,2-3H2,1H3,(H2,8,11). The summed E-state index contributed by atoms with van der Waals surface area (Å²) in [7, 11) is -3.18. The molecule has 1 saturated heterocycles. The first kappa shape index (κ1) is 11.4. The molecule has 1 heterocycles. The molecule has 0 saturated carbocycles. The number of carbonyl (C=O) groups excluding carboxylic acids is 1. The molecule has 3 unspecified atom stereocenters. The summed E-state index contributed by atoms with van der Waals surface area (Å²) >= 11 is 0. The van der Waals surface area contributed by atoms with Gasteiger partial charge in [-0.15, -0.1) is 0 Å². The van der Waals surface area contributed by atoms with Crippen molar-refractivity contribution < 1.29 is 18.3 Å². The normalized spacial score (nSPS) is 32.7. The van der Waals surface area contributed by atoms with Gasteiger partial charge in [0.1, 0.15) is 0 Å². The molecule has 82 valence electrons. The molecular formula is C7H14N2O4S. The zero-order valence-corrected chi connectivity index (χ0v) is 8.62. The zero-order chi connectivity index (χ0) is 10.9. The molecule has 1 aliphatic heterocycles. The van der Waals surface area contributed by atoms with Gasteiger partial charge in [-0.25, -0.2) is 8.42 Å².